The van der Waals surface area contributed by atoms with Crippen LogP contribution in [-0.2, 0) is 0 Å². The van der Waals surface area contributed by atoms with Crippen LogP contribution in [-0.4, -0.2) is 16.6 Å². The first kappa shape index (κ1) is 10.1. The molecule has 1 atom stereocenters. The van der Waals surface area contributed by atoms with Crippen LogP contribution in [0.5, 0.6) is 0 Å². The maximum absolute atomic E-state index is 10.1. The van der Waals surface area contributed by atoms with Gasteiger partial charge in [-0.05, 0) is 17.7 Å². The zero-order valence-corrected chi connectivity index (χ0v) is 8.27. The molecule has 0 spiro atoms. The van der Waals surface area contributed by atoms with Gasteiger partial charge in [0.1, 0.15) is 6.10 Å². The lowest BCUT2D eigenvalue weighted by Gasteiger charge is -2.05. The molecule has 1 aromatic rings. The van der Waals surface area contributed by atoms with Gasteiger partial charge in [-0.3, -0.25) is 10.1 Å². The molecule has 4 nitrogen and oxygen atoms in total. The van der Waals surface area contributed by atoms with E-state index >= 15 is 0 Å². The van der Waals surface area contributed by atoms with Crippen LogP contribution in [0.25, 0.3) is 0 Å². The van der Waals surface area contributed by atoms with E-state index in [1.165, 1.54) is 0 Å². The van der Waals surface area contributed by atoms with E-state index in [0.717, 1.165) is 4.47 Å². The summed E-state index contributed by atoms with van der Waals surface area (Å²) >= 11 is 3.23. The third-order valence-electron chi connectivity index (χ3n) is 1.58. The van der Waals surface area contributed by atoms with Crippen molar-refractivity contribution >= 4 is 15.9 Å². The molecule has 70 valence electrons. The number of aliphatic hydroxyl groups excluding tert-OH is 1. The summed E-state index contributed by atoms with van der Waals surface area (Å²) < 4.78 is 0.879. The predicted octanol–water partition coefficient (Wildman–Crippen LogP) is 1.76. The van der Waals surface area contributed by atoms with Crippen LogP contribution >= 0.6 is 15.9 Å². The average Bonchev–Trinajstić information content (AvgIpc) is 2.04. The topological polar surface area (TPSA) is 63.4 Å². The molecule has 0 saturated carbocycles. The van der Waals surface area contributed by atoms with Gasteiger partial charge in [-0.15, -0.1) is 0 Å². The second kappa shape index (κ2) is 4.34. The Bertz CT molecular complexity index is 299. The Morgan fingerprint density at radius 2 is 2.00 bits per heavy atom. The minimum atomic E-state index is -1.02. The molecule has 0 aromatic heterocycles. The highest BCUT2D eigenvalue weighted by atomic mass is 79.9. The number of halogens is 1. The zero-order chi connectivity index (χ0) is 9.84. The Morgan fingerprint density at radius 1 is 1.46 bits per heavy atom. The van der Waals surface area contributed by atoms with Crippen molar-refractivity contribution in [3.63, 3.8) is 0 Å². The van der Waals surface area contributed by atoms with Gasteiger partial charge < -0.3 is 5.11 Å². The molecule has 0 aliphatic carbocycles. The second-order valence-corrected chi connectivity index (χ2v) is 3.50. The van der Waals surface area contributed by atoms with E-state index in [1.807, 2.05) is 0 Å². The minimum absolute atomic E-state index is 0.457. The molecule has 0 aliphatic heterocycles. The Morgan fingerprint density at radius 3 is 2.46 bits per heavy atom. The first-order valence-corrected chi connectivity index (χ1v) is 4.44. The maximum Gasteiger partial charge on any atom is 0.233 e. The van der Waals surface area contributed by atoms with Crippen molar-refractivity contribution in [3.8, 4) is 0 Å². The number of rotatable bonds is 3. The number of nitrogens with zero attached hydrogens (tertiary/aromatic N) is 1. The van der Waals surface area contributed by atoms with Crippen molar-refractivity contribution in [2.75, 3.05) is 6.54 Å². The van der Waals surface area contributed by atoms with Gasteiger partial charge in [0.2, 0.25) is 6.54 Å². The van der Waals surface area contributed by atoms with Crippen molar-refractivity contribution in [1.29, 1.82) is 0 Å². The fourth-order valence-corrected chi connectivity index (χ4v) is 1.20. The van der Waals surface area contributed by atoms with E-state index < -0.39 is 17.6 Å². The lowest BCUT2D eigenvalue weighted by Crippen LogP contribution is -2.11. The molecule has 0 fully saturated rings. The van der Waals surface area contributed by atoms with Gasteiger partial charge in [-0.25, -0.2) is 0 Å². The molecule has 0 bridgehead atoms. The van der Waals surface area contributed by atoms with Gasteiger partial charge in [0, 0.05) is 9.40 Å². The molecule has 1 unspecified atom stereocenters. The number of hydrogen-bond acceptors (Lipinski definition) is 3. The highest BCUT2D eigenvalue weighted by molar-refractivity contribution is 9.10. The van der Waals surface area contributed by atoms with Crippen LogP contribution in [0.3, 0.4) is 0 Å². The summed E-state index contributed by atoms with van der Waals surface area (Å²) in [5.41, 5.74) is 0.555. The molecule has 0 aliphatic rings. The highest BCUT2D eigenvalue weighted by Crippen LogP contribution is 2.16. The number of nitro groups is 1. The van der Waals surface area contributed by atoms with Gasteiger partial charge in [-0.1, -0.05) is 28.1 Å². The molecule has 1 rings (SSSR count). The van der Waals surface area contributed by atoms with E-state index in [9.17, 15) is 15.2 Å². The van der Waals surface area contributed by atoms with E-state index in [0.29, 0.717) is 5.56 Å². The number of benzene rings is 1. The van der Waals surface area contributed by atoms with E-state index in [1.54, 1.807) is 24.3 Å². The van der Waals surface area contributed by atoms with Gasteiger partial charge >= 0.3 is 0 Å². The second-order valence-electron chi connectivity index (χ2n) is 2.58. The van der Waals surface area contributed by atoms with Crippen LogP contribution in [0.2, 0.25) is 0 Å². The van der Waals surface area contributed by atoms with Crippen molar-refractivity contribution in [1.82, 2.24) is 0 Å². The summed E-state index contributed by atoms with van der Waals surface area (Å²) in [5, 5.41) is 19.4. The normalized spacial score (nSPS) is 12.5. The molecule has 5 heteroatoms. The predicted molar refractivity (Wildman–Crippen MR) is 51.0 cm³/mol. The Kier molecular flexibility index (Phi) is 3.39. The van der Waals surface area contributed by atoms with Gasteiger partial charge in [-0.2, -0.15) is 0 Å². The van der Waals surface area contributed by atoms with Crippen molar-refractivity contribution < 1.29 is 10.0 Å². The quantitative estimate of drug-likeness (QED) is 0.652. The van der Waals surface area contributed by atoms with Crippen LogP contribution in [0.15, 0.2) is 28.7 Å². The van der Waals surface area contributed by atoms with Crippen molar-refractivity contribution in [3.05, 3.63) is 44.4 Å². The molecule has 0 amide bonds. The minimum Gasteiger partial charge on any atom is -0.382 e. The molecule has 1 aromatic carbocycles. The van der Waals surface area contributed by atoms with E-state index in [4.69, 9.17) is 0 Å². The fraction of sp³-hybridized carbons (Fsp3) is 0.250. The third kappa shape index (κ3) is 3.12. The zero-order valence-electron chi connectivity index (χ0n) is 6.68. The summed E-state index contributed by atoms with van der Waals surface area (Å²) in [4.78, 5) is 9.55. The lowest BCUT2D eigenvalue weighted by atomic mass is 10.1. The third-order valence-corrected chi connectivity index (χ3v) is 2.11. The Labute approximate surface area is 83.5 Å². The summed E-state index contributed by atoms with van der Waals surface area (Å²) in [6, 6.07) is 6.77. The standard InChI is InChI=1S/C8H8BrNO3/c9-7-3-1-6(2-4-7)8(11)5-10(12)13/h1-4,8,11H,5H2. The summed E-state index contributed by atoms with van der Waals surface area (Å²) in [6.45, 7) is -0.457. The molecular formula is C8H8BrNO3. The molecular weight excluding hydrogens is 238 g/mol. The largest absolute Gasteiger partial charge is 0.382 e. The number of hydrogen-bond donors (Lipinski definition) is 1. The van der Waals surface area contributed by atoms with Crippen molar-refractivity contribution in [2.45, 2.75) is 6.10 Å². The maximum atomic E-state index is 10.1. The first-order valence-electron chi connectivity index (χ1n) is 3.65. The van der Waals surface area contributed by atoms with Gasteiger partial charge in [0.15, 0.2) is 0 Å². The van der Waals surface area contributed by atoms with E-state index in [2.05, 4.69) is 15.9 Å². The summed E-state index contributed by atoms with van der Waals surface area (Å²) in [5.74, 6) is 0. The average molecular weight is 246 g/mol. The van der Waals surface area contributed by atoms with Gasteiger partial charge in [0.25, 0.3) is 0 Å². The smallest absolute Gasteiger partial charge is 0.233 e. The van der Waals surface area contributed by atoms with Crippen molar-refractivity contribution in [2.24, 2.45) is 0 Å². The Balaban J connectivity index is 2.71. The molecule has 0 saturated heterocycles. The number of aliphatic hydroxyl groups is 1. The first-order chi connectivity index (χ1) is 6.09. The molecule has 13 heavy (non-hydrogen) atoms. The lowest BCUT2D eigenvalue weighted by molar-refractivity contribution is -0.491. The molecule has 0 heterocycles. The summed E-state index contributed by atoms with van der Waals surface area (Å²) in [7, 11) is 0. The SMILES string of the molecule is O=[N+]([O-])CC(O)c1ccc(Br)cc1. The van der Waals surface area contributed by atoms with Gasteiger partial charge in [0.05, 0.1) is 0 Å². The van der Waals surface area contributed by atoms with E-state index in [-0.39, 0.29) is 0 Å². The monoisotopic (exact) mass is 245 g/mol. The molecule has 0 radical (unpaired) electrons. The highest BCUT2D eigenvalue weighted by Gasteiger charge is 2.13. The van der Waals surface area contributed by atoms with Crippen LogP contribution in [0.1, 0.15) is 11.7 Å². The fourth-order valence-electron chi connectivity index (χ4n) is 0.932. The summed E-state index contributed by atoms with van der Waals surface area (Å²) in [6.07, 6.45) is -1.02. The molecule has 1 N–H and O–H groups in total. The van der Waals surface area contributed by atoms with Crippen LogP contribution in [0, 0.1) is 10.1 Å². The van der Waals surface area contributed by atoms with Crippen LogP contribution < -0.4 is 0 Å². The Hall–Kier alpha value is -0.940. The van der Waals surface area contributed by atoms with Crippen LogP contribution in [0.4, 0.5) is 0 Å².